The van der Waals surface area contributed by atoms with Crippen molar-refractivity contribution in [2.24, 2.45) is 0 Å². The van der Waals surface area contributed by atoms with Crippen LogP contribution in [-0.4, -0.2) is 29.5 Å². The molecule has 0 amide bonds. The normalized spacial score (nSPS) is 10.6. The maximum absolute atomic E-state index is 8.69. The summed E-state index contributed by atoms with van der Waals surface area (Å²) in [7, 11) is 0. The molecule has 0 spiro atoms. The maximum atomic E-state index is 8.69. The van der Waals surface area contributed by atoms with Gasteiger partial charge in [0.05, 0.1) is 13.2 Å². The lowest BCUT2D eigenvalue weighted by Gasteiger charge is -2.11. The Kier molecular flexibility index (Phi) is 4.39. The molecule has 0 heterocycles. The zero-order valence-electron chi connectivity index (χ0n) is 8.01. The van der Waals surface area contributed by atoms with Gasteiger partial charge in [-0.05, 0) is 24.6 Å². The van der Waals surface area contributed by atoms with Crippen LogP contribution in [0, 0.1) is 6.92 Å². The van der Waals surface area contributed by atoms with Gasteiger partial charge in [-0.15, -0.1) is 0 Å². The fourth-order valence-corrected chi connectivity index (χ4v) is 0.909. The molecule has 2 N–H and O–H groups in total. The lowest BCUT2D eigenvalue weighted by atomic mass is 10.2. The van der Waals surface area contributed by atoms with Crippen molar-refractivity contribution in [2.45, 2.75) is 13.0 Å². The second-order valence-corrected chi connectivity index (χ2v) is 2.98. The van der Waals surface area contributed by atoms with Crippen LogP contribution in [0.2, 0.25) is 0 Å². The third kappa shape index (κ3) is 3.33. The van der Waals surface area contributed by atoms with E-state index in [0.29, 0.717) is 5.75 Å². The first-order valence-corrected chi connectivity index (χ1v) is 4.38. The van der Waals surface area contributed by atoms with Gasteiger partial charge in [0.15, 0.2) is 11.9 Å². The zero-order chi connectivity index (χ0) is 10.4. The van der Waals surface area contributed by atoms with Gasteiger partial charge in [-0.1, -0.05) is 12.1 Å². The Hall–Kier alpha value is -1.10. The summed E-state index contributed by atoms with van der Waals surface area (Å²) >= 11 is 0. The lowest BCUT2D eigenvalue weighted by molar-refractivity contribution is -0.259. The number of benzene rings is 1. The van der Waals surface area contributed by atoms with E-state index in [2.05, 4.69) is 0 Å². The Bertz CT molecular complexity index is 271. The Labute approximate surface area is 82.6 Å². The molecule has 78 valence electrons. The van der Waals surface area contributed by atoms with Crippen LogP contribution in [0.15, 0.2) is 24.3 Å². The van der Waals surface area contributed by atoms with Crippen LogP contribution in [0.5, 0.6) is 5.75 Å². The Morgan fingerprint density at radius 2 is 2.00 bits per heavy atom. The van der Waals surface area contributed by atoms with Crippen molar-refractivity contribution < 1.29 is 20.0 Å². The van der Waals surface area contributed by atoms with E-state index in [9.17, 15) is 0 Å². The highest BCUT2D eigenvalue weighted by Gasteiger charge is 2.07. The number of aliphatic hydroxyl groups excluding tert-OH is 2. The van der Waals surface area contributed by atoms with E-state index in [0.717, 1.165) is 5.56 Å². The molecule has 0 atom stereocenters. The van der Waals surface area contributed by atoms with Crippen molar-refractivity contribution in [3.05, 3.63) is 29.8 Å². The molecule has 0 radical (unpaired) electrons. The van der Waals surface area contributed by atoms with Gasteiger partial charge in [0.2, 0.25) is 0 Å². The number of aliphatic hydroxyl groups is 2. The van der Waals surface area contributed by atoms with Crippen molar-refractivity contribution in [1.82, 2.24) is 0 Å². The Morgan fingerprint density at radius 3 is 2.57 bits per heavy atom. The van der Waals surface area contributed by atoms with Gasteiger partial charge in [-0.3, -0.25) is 0 Å². The van der Waals surface area contributed by atoms with Crippen molar-refractivity contribution in [3.63, 3.8) is 0 Å². The predicted molar refractivity (Wildman–Crippen MR) is 50.9 cm³/mol. The van der Waals surface area contributed by atoms with Crippen LogP contribution in [0.3, 0.4) is 0 Å². The van der Waals surface area contributed by atoms with Gasteiger partial charge < -0.3 is 15.1 Å². The van der Waals surface area contributed by atoms with E-state index < -0.39 is 6.10 Å². The van der Waals surface area contributed by atoms with E-state index in [4.69, 9.17) is 20.0 Å². The highest BCUT2D eigenvalue weighted by Crippen LogP contribution is 2.13. The van der Waals surface area contributed by atoms with Gasteiger partial charge in [0.1, 0.15) is 0 Å². The minimum Gasteiger partial charge on any atom is -0.393 e. The molecular weight excluding hydrogens is 184 g/mol. The highest BCUT2D eigenvalue weighted by atomic mass is 17.2. The van der Waals surface area contributed by atoms with E-state index >= 15 is 0 Å². The van der Waals surface area contributed by atoms with Gasteiger partial charge in [0.25, 0.3) is 0 Å². The molecule has 0 bridgehead atoms. The van der Waals surface area contributed by atoms with Gasteiger partial charge >= 0.3 is 0 Å². The molecule has 1 aromatic carbocycles. The number of hydrogen-bond donors (Lipinski definition) is 2. The third-order valence-corrected chi connectivity index (χ3v) is 1.68. The third-order valence-electron chi connectivity index (χ3n) is 1.68. The van der Waals surface area contributed by atoms with Crippen LogP contribution in [0.1, 0.15) is 5.56 Å². The van der Waals surface area contributed by atoms with Crippen molar-refractivity contribution >= 4 is 0 Å². The summed E-state index contributed by atoms with van der Waals surface area (Å²) in [6, 6.07) is 7.30. The Morgan fingerprint density at radius 1 is 1.29 bits per heavy atom. The van der Waals surface area contributed by atoms with E-state index in [1.165, 1.54) is 0 Å². The molecule has 1 rings (SSSR count). The summed E-state index contributed by atoms with van der Waals surface area (Å²) in [5, 5.41) is 17.4. The summed E-state index contributed by atoms with van der Waals surface area (Å²) < 4.78 is 0. The second-order valence-electron chi connectivity index (χ2n) is 2.98. The summed E-state index contributed by atoms with van der Waals surface area (Å²) in [6.45, 7) is 1.38. The first-order chi connectivity index (χ1) is 6.76. The predicted octanol–water partition coefficient (Wildman–Crippen LogP) is 0.659. The van der Waals surface area contributed by atoms with Crippen molar-refractivity contribution in [1.29, 1.82) is 0 Å². The molecule has 4 nitrogen and oxygen atoms in total. The van der Waals surface area contributed by atoms with E-state index in [1.807, 2.05) is 19.1 Å². The molecule has 0 fully saturated rings. The molecule has 1 aromatic rings. The van der Waals surface area contributed by atoms with E-state index in [1.54, 1.807) is 12.1 Å². The van der Waals surface area contributed by atoms with Crippen LogP contribution >= 0.6 is 0 Å². The summed E-state index contributed by atoms with van der Waals surface area (Å²) in [5.74, 6) is 0.553. The van der Waals surface area contributed by atoms with Gasteiger partial charge in [-0.25, -0.2) is 0 Å². The molecule has 4 heteroatoms. The van der Waals surface area contributed by atoms with Crippen LogP contribution in [0.4, 0.5) is 0 Å². The van der Waals surface area contributed by atoms with Crippen LogP contribution in [0.25, 0.3) is 0 Å². The molecule has 0 unspecified atom stereocenters. The topological polar surface area (TPSA) is 58.9 Å². The van der Waals surface area contributed by atoms with E-state index in [-0.39, 0.29) is 13.2 Å². The minimum absolute atomic E-state index is 0.275. The SMILES string of the molecule is Cc1cccc(OOC(CO)CO)c1. The molecular formula is C10H14O4. The fourth-order valence-electron chi connectivity index (χ4n) is 0.909. The Balaban J connectivity index is 2.44. The van der Waals surface area contributed by atoms with Gasteiger partial charge in [-0.2, -0.15) is 4.89 Å². The van der Waals surface area contributed by atoms with Crippen molar-refractivity contribution in [2.75, 3.05) is 13.2 Å². The monoisotopic (exact) mass is 198 g/mol. The quantitative estimate of drug-likeness (QED) is 0.539. The molecule has 14 heavy (non-hydrogen) atoms. The smallest absolute Gasteiger partial charge is 0.165 e. The van der Waals surface area contributed by atoms with Crippen LogP contribution < -0.4 is 4.89 Å². The molecule has 0 aliphatic rings. The van der Waals surface area contributed by atoms with Crippen molar-refractivity contribution in [3.8, 4) is 5.75 Å². The maximum Gasteiger partial charge on any atom is 0.165 e. The second kappa shape index (κ2) is 5.59. The average Bonchev–Trinajstić information content (AvgIpc) is 2.19. The molecule has 0 saturated heterocycles. The number of hydrogen-bond acceptors (Lipinski definition) is 4. The molecule has 0 aliphatic heterocycles. The van der Waals surface area contributed by atoms with Gasteiger partial charge in [0, 0.05) is 0 Å². The number of rotatable bonds is 5. The molecule has 0 aliphatic carbocycles. The standard InChI is InChI=1S/C10H14O4/c1-8-3-2-4-9(5-8)13-14-10(6-11)7-12/h2-5,10-12H,6-7H2,1H3. The highest BCUT2D eigenvalue weighted by molar-refractivity contribution is 5.26. The average molecular weight is 198 g/mol. The number of aryl methyl sites for hydroxylation is 1. The van der Waals surface area contributed by atoms with Crippen LogP contribution in [-0.2, 0) is 4.89 Å². The largest absolute Gasteiger partial charge is 0.393 e. The first-order valence-electron chi connectivity index (χ1n) is 4.38. The summed E-state index contributed by atoms with van der Waals surface area (Å²) in [6.07, 6.45) is -0.699. The summed E-state index contributed by atoms with van der Waals surface area (Å²) in [4.78, 5) is 9.69. The zero-order valence-corrected chi connectivity index (χ0v) is 8.01. The first kappa shape index (κ1) is 11.0. The minimum atomic E-state index is -0.699. The molecule has 0 aromatic heterocycles. The summed E-state index contributed by atoms with van der Waals surface area (Å²) in [5.41, 5.74) is 1.05. The molecule has 0 saturated carbocycles. The fraction of sp³-hybridized carbons (Fsp3) is 0.400. The lowest BCUT2D eigenvalue weighted by Crippen LogP contribution is -2.23.